The lowest BCUT2D eigenvalue weighted by Crippen LogP contribution is -2.66. The SMILES string of the molecule is CC[C@H]1OC(O)[C@@H](NC(=O)C2C3C[C@@H](OC4O[C@H](C)[C@@H](O)[C@H](N)[C@@H]4O)/C=C/C=C/C=C/C=C/C=C/C=C/C=C/[C@H](C)[C@@H](O)C(C)[C@H](C)OC(=O)C[C@H](O)C[C@H](O)CC[C@@H](O)[C@H](O)C[C@H](O)C[C@](O)(C[C@@H]2O)O3)[C@@H](O)[C@@H]1O. The number of esters is 1. The summed E-state index contributed by atoms with van der Waals surface area (Å²) in [5, 5.41) is 145. The summed E-state index contributed by atoms with van der Waals surface area (Å²) in [6, 6.07) is -2.80. The van der Waals surface area contributed by atoms with Crippen molar-refractivity contribution in [3.63, 3.8) is 0 Å². The lowest BCUT2D eigenvalue weighted by atomic mass is 9.81. The summed E-state index contributed by atoms with van der Waals surface area (Å²) in [5.74, 6) is -6.60. The highest BCUT2D eigenvalue weighted by Gasteiger charge is 2.53. The molecule has 0 aliphatic carbocycles. The fourth-order valence-electron chi connectivity index (χ4n) is 9.69. The number of hydrogen-bond acceptors (Lipinski definition) is 21. The maximum absolute atomic E-state index is 14.3. The normalized spacial score (nSPS) is 46.7. The number of aliphatic hydroxyl groups is 13. The van der Waals surface area contributed by atoms with Crippen LogP contribution in [0.5, 0.6) is 0 Å². The summed E-state index contributed by atoms with van der Waals surface area (Å²) in [6.45, 7) is 8.36. The monoisotopic (exact) mass is 1080 g/mol. The molecule has 76 heavy (non-hydrogen) atoms. The second-order valence-electron chi connectivity index (χ2n) is 20.7. The molecule has 4 aliphatic rings. The molecule has 2 bridgehead atoms. The Kier molecular flexibility index (Phi) is 26.7. The zero-order valence-electron chi connectivity index (χ0n) is 44.0. The highest BCUT2D eigenvalue weighted by Crippen LogP contribution is 2.39. The summed E-state index contributed by atoms with van der Waals surface area (Å²) in [7, 11) is 0. The summed E-state index contributed by atoms with van der Waals surface area (Å²) >= 11 is 0. The van der Waals surface area contributed by atoms with Crippen LogP contribution in [0.3, 0.4) is 0 Å². The van der Waals surface area contributed by atoms with E-state index in [1.165, 1.54) is 13.0 Å². The van der Waals surface area contributed by atoms with Crippen molar-refractivity contribution >= 4 is 11.9 Å². The Morgan fingerprint density at radius 1 is 0.658 bits per heavy atom. The van der Waals surface area contributed by atoms with E-state index in [0.29, 0.717) is 0 Å². The first-order chi connectivity index (χ1) is 35.9. The number of allylic oxidation sites excluding steroid dienone is 12. The standard InChI is InChI=1S/C54H86N2O20/c1-6-40-48(66)50(68)45(52(70)75-40)56-51(69)43-39(62)28-54(71)27-35(59)24-38(61)37(60)22-21-33(57)23-34(58)25-42(63)72-31(4)30(3)46(64)29(2)19-17-15-13-11-9-7-8-10-12-14-16-18-20-36(26-41(43)76-54)74-53-49(67)44(55)47(65)32(5)73-53/h7-20,29-41,43-50,52-53,57-62,64-68,70-71H,6,21-28,55H2,1-5H3,(H,56,69)/b8-7+,11-9+,12-10+,15-13+,16-14+,19-17+,20-18+/t29-,30?,31-,32+,33+,34+,35-,36-,37+,38+,39-,40+,41?,43?,44-,45-,46+,47+,48+,49-,50+,52?,53?,54+/m0/s1. The van der Waals surface area contributed by atoms with Gasteiger partial charge in [-0.1, -0.05) is 106 Å². The van der Waals surface area contributed by atoms with Crippen molar-refractivity contribution in [2.75, 3.05) is 0 Å². The number of hydrogen-bond donors (Lipinski definition) is 15. The van der Waals surface area contributed by atoms with Crippen molar-refractivity contribution in [2.24, 2.45) is 23.5 Å². The number of nitrogens with two attached hydrogens (primary N) is 1. The van der Waals surface area contributed by atoms with E-state index in [1.54, 1.807) is 93.7 Å². The van der Waals surface area contributed by atoms with Crippen LogP contribution >= 0.6 is 0 Å². The first kappa shape index (κ1) is 64.9. The summed E-state index contributed by atoms with van der Waals surface area (Å²) in [6.07, 6.45) is -3.78. The first-order valence-electron chi connectivity index (χ1n) is 26.3. The molecule has 0 aromatic rings. The zero-order chi connectivity index (χ0) is 56.4. The van der Waals surface area contributed by atoms with Gasteiger partial charge in [0.1, 0.15) is 30.5 Å². The molecular formula is C54H86N2O20. The van der Waals surface area contributed by atoms with Crippen molar-refractivity contribution < 1.29 is 99.7 Å². The van der Waals surface area contributed by atoms with Crippen LogP contribution in [0, 0.1) is 17.8 Å². The van der Waals surface area contributed by atoms with Gasteiger partial charge in [0.25, 0.3) is 0 Å². The van der Waals surface area contributed by atoms with Crippen molar-refractivity contribution in [1.29, 1.82) is 0 Å². The predicted octanol–water partition coefficient (Wildman–Crippen LogP) is -1.04. The van der Waals surface area contributed by atoms with E-state index in [9.17, 15) is 76.0 Å². The molecule has 0 aromatic heterocycles. The van der Waals surface area contributed by atoms with Gasteiger partial charge >= 0.3 is 5.97 Å². The van der Waals surface area contributed by atoms with Crippen LogP contribution in [0.1, 0.15) is 92.4 Å². The third-order valence-electron chi connectivity index (χ3n) is 14.5. The lowest BCUT2D eigenvalue weighted by molar-refractivity contribution is -0.307. The third kappa shape index (κ3) is 19.6. The molecule has 0 aromatic carbocycles. The van der Waals surface area contributed by atoms with Gasteiger partial charge in [0.15, 0.2) is 18.4 Å². The number of ether oxygens (including phenoxy) is 5. The Bertz CT molecular complexity index is 1980. The molecule has 22 heteroatoms. The van der Waals surface area contributed by atoms with Gasteiger partial charge in [-0.3, -0.25) is 9.59 Å². The molecule has 0 spiro atoms. The minimum absolute atomic E-state index is 0.143. The van der Waals surface area contributed by atoms with Crippen molar-refractivity contribution in [3.8, 4) is 0 Å². The van der Waals surface area contributed by atoms with Crippen LogP contribution in [-0.2, 0) is 33.3 Å². The van der Waals surface area contributed by atoms with Crippen molar-refractivity contribution in [1.82, 2.24) is 5.32 Å². The number of cyclic esters (lactones) is 1. The molecule has 3 fully saturated rings. The second-order valence-corrected chi connectivity index (χ2v) is 20.7. The number of carbonyl (C=O) groups is 2. The molecular weight excluding hydrogens is 997 g/mol. The fourth-order valence-corrected chi connectivity index (χ4v) is 9.69. The van der Waals surface area contributed by atoms with Crippen LogP contribution in [0.15, 0.2) is 85.1 Å². The van der Waals surface area contributed by atoms with Gasteiger partial charge in [0.05, 0.1) is 91.6 Å². The third-order valence-corrected chi connectivity index (χ3v) is 14.5. The Morgan fingerprint density at radius 3 is 1.86 bits per heavy atom. The van der Waals surface area contributed by atoms with E-state index in [-0.39, 0.29) is 31.6 Å². The molecule has 1 amide bonds. The fraction of sp³-hybridized carbons (Fsp3) is 0.704. The molecule has 4 heterocycles. The van der Waals surface area contributed by atoms with E-state index in [4.69, 9.17) is 29.4 Å². The smallest absolute Gasteiger partial charge is 0.308 e. The lowest BCUT2D eigenvalue weighted by Gasteiger charge is -2.47. The van der Waals surface area contributed by atoms with E-state index in [2.05, 4.69) is 5.32 Å². The molecule has 4 rings (SSSR count). The molecule has 24 atom stereocenters. The molecule has 5 unspecified atom stereocenters. The molecule has 22 nitrogen and oxygen atoms in total. The molecule has 16 N–H and O–H groups in total. The summed E-state index contributed by atoms with van der Waals surface area (Å²) in [5.41, 5.74) is 6.11. The Hall–Kier alpha value is -3.60. The van der Waals surface area contributed by atoms with Gasteiger partial charge in [-0.2, -0.15) is 0 Å². The van der Waals surface area contributed by atoms with E-state index >= 15 is 0 Å². The molecule has 432 valence electrons. The van der Waals surface area contributed by atoms with Gasteiger partial charge in [-0.15, -0.1) is 0 Å². The van der Waals surface area contributed by atoms with Gasteiger partial charge in [0, 0.05) is 37.5 Å². The average Bonchev–Trinajstić information content (AvgIpc) is 3.34. The minimum atomic E-state index is -2.43. The Labute approximate surface area is 444 Å². The Balaban J connectivity index is 1.65. The summed E-state index contributed by atoms with van der Waals surface area (Å²) in [4.78, 5) is 27.0. The average molecular weight is 1080 g/mol. The second kappa shape index (κ2) is 31.3. The maximum atomic E-state index is 14.3. The number of fused-ring (bicyclic) bond motifs is 2. The van der Waals surface area contributed by atoms with Crippen LogP contribution in [0.4, 0.5) is 0 Å². The molecule has 4 aliphatic heterocycles. The number of amides is 1. The van der Waals surface area contributed by atoms with Crippen LogP contribution in [-0.4, -0.2) is 206 Å². The van der Waals surface area contributed by atoms with Gasteiger partial charge < -0.3 is 101 Å². The first-order valence-corrected chi connectivity index (χ1v) is 26.3. The van der Waals surface area contributed by atoms with Gasteiger partial charge in [-0.25, -0.2) is 0 Å². The molecule has 3 saturated heterocycles. The van der Waals surface area contributed by atoms with Gasteiger partial charge in [0.2, 0.25) is 5.91 Å². The van der Waals surface area contributed by atoms with Crippen molar-refractivity contribution in [2.45, 2.75) is 221 Å². The number of carbonyl (C=O) groups excluding carboxylic acids is 2. The Morgan fingerprint density at radius 2 is 1.25 bits per heavy atom. The predicted molar refractivity (Wildman–Crippen MR) is 274 cm³/mol. The van der Waals surface area contributed by atoms with Crippen LogP contribution in [0.25, 0.3) is 0 Å². The highest BCUT2D eigenvalue weighted by molar-refractivity contribution is 5.80. The maximum Gasteiger partial charge on any atom is 0.308 e. The largest absolute Gasteiger partial charge is 0.462 e. The van der Waals surface area contributed by atoms with E-state index < -0.39 is 184 Å². The number of aliphatic hydroxyl groups excluding tert-OH is 12. The molecule has 0 saturated carbocycles. The topological polar surface area (TPSA) is 381 Å². The quantitative estimate of drug-likeness (QED) is 0.146. The minimum Gasteiger partial charge on any atom is -0.462 e. The van der Waals surface area contributed by atoms with Gasteiger partial charge in [-0.05, 0) is 39.5 Å². The molecule has 0 radical (unpaired) electrons. The van der Waals surface area contributed by atoms with E-state index in [0.717, 1.165) is 0 Å². The zero-order valence-corrected chi connectivity index (χ0v) is 44.0. The van der Waals surface area contributed by atoms with E-state index in [1.807, 2.05) is 13.0 Å². The summed E-state index contributed by atoms with van der Waals surface area (Å²) < 4.78 is 29.1. The van der Waals surface area contributed by atoms with Crippen LogP contribution in [0.2, 0.25) is 0 Å². The number of nitrogens with one attached hydrogen (secondary N) is 1. The van der Waals surface area contributed by atoms with Crippen LogP contribution < -0.4 is 11.1 Å². The number of rotatable bonds is 5. The van der Waals surface area contributed by atoms with Crippen molar-refractivity contribution in [3.05, 3.63) is 85.1 Å². The highest BCUT2D eigenvalue weighted by atomic mass is 16.7.